The van der Waals surface area contributed by atoms with Crippen LogP contribution in [0.2, 0.25) is 0 Å². The maximum Gasteiger partial charge on any atom is 0.357 e. The molecule has 0 unspecified atom stereocenters. The molecule has 1 aromatic carbocycles. The molecule has 0 saturated heterocycles. The number of hydrogen-bond donors (Lipinski definition) is 1. The number of nitrogens with one attached hydrogen (secondary N) is 1. The number of benzene rings is 1. The molecule has 26 heavy (non-hydrogen) atoms. The van der Waals surface area contributed by atoms with Gasteiger partial charge in [-0.3, -0.25) is 0 Å². The highest BCUT2D eigenvalue weighted by atomic mass is 79.9. The maximum absolute atomic E-state index is 12.7. The normalized spacial score (nSPS) is 10.7. The summed E-state index contributed by atoms with van der Waals surface area (Å²) in [4.78, 5) is 30.3. The third kappa shape index (κ3) is 6.10. The van der Waals surface area contributed by atoms with E-state index >= 15 is 0 Å². The molecule has 6 nitrogen and oxygen atoms in total. The van der Waals surface area contributed by atoms with Crippen molar-refractivity contribution in [3.05, 3.63) is 44.8 Å². The van der Waals surface area contributed by atoms with E-state index in [1.165, 1.54) is 18.4 Å². The number of esters is 1. The minimum absolute atomic E-state index is 0.196. The summed E-state index contributed by atoms with van der Waals surface area (Å²) in [6, 6.07) is 7.25. The van der Waals surface area contributed by atoms with Crippen LogP contribution in [0, 0.1) is 5.92 Å². The molecule has 140 valence electrons. The van der Waals surface area contributed by atoms with E-state index in [2.05, 4.69) is 44.8 Å². The van der Waals surface area contributed by atoms with Gasteiger partial charge < -0.3 is 15.0 Å². The molecule has 0 fully saturated rings. The molecule has 0 aliphatic carbocycles. The molecule has 1 aromatic heterocycles. The van der Waals surface area contributed by atoms with Gasteiger partial charge in [0.15, 0.2) is 5.69 Å². The highest BCUT2D eigenvalue weighted by molar-refractivity contribution is 9.10. The number of urea groups is 1. The highest BCUT2D eigenvalue weighted by Crippen LogP contribution is 2.18. The average molecular weight is 440 g/mol. The number of carbonyl (C=O) groups excluding carboxylic acids is 2. The third-order valence-corrected chi connectivity index (χ3v) is 4.94. The van der Waals surface area contributed by atoms with Gasteiger partial charge in [-0.1, -0.05) is 35.8 Å². The van der Waals surface area contributed by atoms with Crippen LogP contribution < -0.4 is 5.32 Å². The number of amides is 2. The molecule has 0 saturated carbocycles. The Balaban J connectivity index is 2.10. The van der Waals surface area contributed by atoms with Gasteiger partial charge in [-0.05, 0) is 30.5 Å². The summed E-state index contributed by atoms with van der Waals surface area (Å²) < 4.78 is 5.57. The Kier molecular flexibility index (Phi) is 7.59. The molecule has 0 bridgehead atoms. The number of nitrogens with zero attached hydrogens (tertiary/aromatic N) is 2. The van der Waals surface area contributed by atoms with Crippen molar-refractivity contribution in [2.75, 3.05) is 19.0 Å². The molecule has 0 aliphatic heterocycles. The number of aromatic nitrogens is 1. The van der Waals surface area contributed by atoms with Gasteiger partial charge >= 0.3 is 12.0 Å². The number of carbonyl (C=O) groups is 2. The van der Waals surface area contributed by atoms with Gasteiger partial charge in [0.1, 0.15) is 5.01 Å². The first kappa shape index (κ1) is 20.4. The summed E-state index contributed by atoms with van der Waals surface area (Å²) in [5.74, 6) is -0.00193. The lowest BCUT2D eigenvalue weighted by Gasteiger charge is -2.23. The molecule has 0 spiro atoms. The Bertz CT molecular complexity index is 764. The van der Waals surface area contributed by atoms with Gasteiger partial charge in [0, 0.05) is 22.1 Å². The second-order valence-corrected chi connectivity index (χ2v) is 8.02. The SMILES string of the molecule is COC(=O)c1csc(CN(CCC(C)C)C(=O)Nc2cccc(Br)c2)n1. The third-order valence-electron chi connectivity index (χ3n) is 3.61. The van der Waals surface area contributed by atoms with Crippen molar-refractivity contribution in [1.82, 2.24) is 9.88 Å². The molecule has 0 atom stereocenters. The van der Waals surface area contributed by atoms with E-state index in [4.69, 9.17) is 0 Å². The fourth-order valence-corrected chi connectivity index (χ4v) is 3.36. The average Bonchev–Trinajstić information content (AvgIpc) is 3.06. The van der Waals surface area contributed by atoms with E-state index in [9.17, 15) is 9.59 Å². The molecule has 0 aliphatic rings. The van der Waals surface area contributed by atoms with E-state index < -0.39 is 5.97 Å². The number of thiazole rings is 1. The maximum atomic E-state index is 12.7. The summed E-state index contributed by atoms with van der Waals surface area (Å²) in [6.07, 6.45) is 0.876. The number of methoxy groups -OCH3 is 1. The van der Waals surface area contributed by atoms with Crippen molar-refractivity contribution in [3.8, 4) is 0 Å². The highest BCUT2D eigenvalue weighted by Gasteiger charge is 2.18. The van der Waals surface area contributed by atoms with E-state index in [1.807, 2.05) is 24.3 Å². The Morgan fingerprint density at radius 1 is 1.38 bits per heavy atom. The minimum atomic E-state index is -0.472. The van der Waals surface area contributed by atoms with Gasteiger partial charge in [0.2, 0.25) is 0 Å². The quantitative estimate of drug-likeness (QED) is 0.630. The minimum Gasteiger partial charge on any atom is -0.464 e. The lowest BCUT2D eigenvalue weighted by molar-refractivity contribution is 0.0594. The molecule has 8 heteroatoms. The monoisotopic (exact) mass is 439 g/mol. The zero-order valence-corrected chi connectivity index (χ0v) is 17.4. The summed E-state index contributed by atoms with van der Waals surface area (Å²) in [7, 11) is 1.32. The van der Waals surface area contributed by atoms with Gasteiger partial charge in [0.05, 0.1) is 13.7 Å². The zero-order valence-electron chi connectivity index (χ0n) is 15.0. The lowest BCUT2D eigenvalue weighted by atomic mass is 10.1. The van der Waals surface area contributed by atoms with Crippen molar-refractivity contribution in [3.63, 3.8) is 0 Å². The summed E-state index contributed by atoms with van der Waals surface area (Å²) >= 11 is 4.74. The largest absolute Gasteiger partial charge is 0.464 e. The van der Waals surface area contributed by atoms with E-state index in [1.54, 1.807) is 10.3 Å². The second kappa shape index (κ2) is 9.68. The van der Waals surface area contributed by atoms with E-state index in [0.717, 1.165) is 10.9 Å². The van der Waals surface area contributed by atoms with Crippen molar-refractivity contribution in [1.29, 1.82) is 0 Å². The molecule has 1 heterocycles. The lowest BCUT2D eigenvalue weighted by Crippen LogP contribution is -2.35. The topological polar surface area (TPSA) is 71.5 Å². The Hall–Kier alpha value is -1.93. The fourth-order valence-electron chi connectivity index (χ4n) is 2.18. The Morgan fingerprint density at radius 3 is 2.81 bits per heavy atom. The predicted octanol–water partition coefficient (Wildman–Crippen LogP) is 4.77. The smallest absolute Gasteiger partial charge is 0.357 e. The number of anilines is 1. The van der Waals surface area contributed by atoms with E-state index in [-0.39, 0.29) is 11.7 Å². The van der Waals surface area contributed by atoms with Crippen molar-refractivity contribution in [2.45, 2.75) is 26.8 Å². The molecule has 0 radical (unpaired) electrons. The van der Waals surface area contributed by atoms with Gasteiger partial charge in [-0.2, -0.15) is 0 Å². The Morgan fingerprint density at radius 2 is 2.15 bits per heavy atom. The Labute approximate surface area is 165 Å². The summed E-state index contributed by atoms with van der Waals surface area (Å²) in [6.45, 7) is 5.17. The number of ether oxygens (including phenoxy) is 1. The van der Waals surface area contributed by atoms with E-state index in [0.29, 0.717) is 29.7 Å². The van der Waals surface area contributed by atoms with Gasteiger partial charge in [-0.25, -0.2) is 14.6 Å². The van der Waals surface area contributed by atoms with Crippen LogP contribution in [0.4, 0.5) is 10.5 Å². The number of halogens is 1. The first-order valence-corrected chi connectivity index (χ1v) is 9.90. The van der Waals surface area contributed by atoms with Crippen LogP contribution in [-0.4, -0.2) is 35.5 Å². The summed E-state index contributed by atoms with van der Waals surface area (Å²) in [5, 5.41) is 5.25. The fraction of sp³-hybridized carbons (Fsp3) is 0.389. The number of hydrogen-bond acceptors (Lipinski definition) is 5. The number of rotatable bonds is 7. The van der Waals surface area contributed by atoms with Crippen LogP contribution in [0.25, 0.3) is 0 Å². The van der Waals surface area contributed by atoms with Crippen molar-refractivity contribution in [2.24, 2.45) is 5.92 Å². The van der Waals surface area contributed by atoms with Crippen LogP contribution in [0.15, 0.2) is 34.1 Å². The van der Waals surface area contributed by atoms with Crippen LogP contribution in [-0.2, 0) is 11.3 Å². The van der Waals surface area contributed by atoms with Crippen LogP contribution in [0.5, 0.6) is 0 Å². The van der Waals surface area contributed by atoms with Gasteiger partial charge in [-0.15, -0.1) is 11.3 Å². The molecule has 1 N–H and O–H groups in total. The molecule has 2 rings (SSSR count). The molecular weight excluding hydrogens is 418 g/mol. The van der Waals surface area contributed by atoms with Crippen LogP contribution in [0.1, 0.15) is 35.8 Å². The zero-order chi connectivity index (χ0) is 19.1. The first-order chi connectivity index (χ1) is 12.4. The first-order valence-electron chi connectivity index (χ1n) is 8.23. The van der Waals surface area contributed by atoms with Crippen LogP contribution >= 0.6 is 27.3 Å². The molecule has 2 amide bonds. The molecule has 2 aromatic rings. The predicted molar refractivity (Wildman–Crippen MR) is 106 cm³/mol. The van der Waals surface area contributed by atoms with Crippen molar-refractivity contribution < 1.29 is 14.3 Å². The van der Waals surface area contributed by atoms with Crippen molar-refractivity contribution >= 4 is 45.0 Å². The second-order valence-electron chi connectivity index (χ2n) is 6.16. The summed E-state index contributed by atoms with van der Waals surface area (Å²) in [5.41, 5.74) is 0.983. The molecular formula is C18H22BrN3O3S. The standard InChI is InChI=1S/C18H22BrN3O3S/c1-12(2)7-8-22(10-16-21-15(11-26-16)17(23)25-3)18(24)20-14-6-4-5-13(19)9-14/h4-6,9,11-12H,7-8,10H2,1-3H3,(H,20,24). The van der Waals surface area contributed by atoms with Gasteiger partial charge in [0.25, 0.3) is 0 Å². The van der Waals surface area contributed by atoms with Crippen LogP contribution in [0.3, 0.4) is 0 Å².